The molecule has 0 aliphatic heterocycles. The van der Waals surface area contributed by atoms with Gasteiger partial charge in [0, 0.05) is 40.4 Å². The molecular weight excluding hydrogens is 324 g/mol. The van der Waals surface area contributed by atoms with Crippen molar-refractivity contribution in [2.24, 2.45) is 5.73 Å². The molecule has 0 saturated heterocycles. The molecular formula is C14H20N2O2S3. The highest BCUT2D eigenvalue weighted by atomic mass is 32.2. The van der Waals surface area contributed by atoms with Gasteiger partial charge in [-0.15, -0.1) is 11.3 Å². The van der Waals surface area contributed by atoms with Crippen LogP contribution in [-0.4, -0.2) is 37.8 Å². The van der Waals surface area contributed by atoms with Gasteiger partial charge in [0.1, 0.15) is 4.90 Å². The summed E-state index contributed by atoms with van der Waals surface area (Å²) in [5.74, 6) is 0.760. The SMILES string of the molecule is CSCC(C)N(C)S(=O)(=O)c1c(CN)sc2ccccc12. The lowest BCUT2D eigenvalue weighted by Crippen LogP contribution is -2.37. The largest absolute Gasteiger partial charge is 0.326 e. The van der Waals surface area contributed by atoms with E-state index in [1.807, 2.05) is 37.4 Å². The summed E-state index contributed by atoms with van der Waals surface area (Å²) < 4.78 is 28.4. The molecule has 0 aliphatic carbocycles. The third-order valence-corrected chi connectivity index (χ3v) is 7.71. The van der Waals surface area contributed by atoms with Crippen LogP contribution in [0.3, 0.4) is 0 Å². The van der Waals surface area contributed by atoms with Gasteiger partial charge in [0.15, 0.2) is 0 Å². The first kappa shape index (κ1) is 16.8. The van der Waals surface area contributed by atoms with Gasteiger partial charge in [-0.25, -0.2) is 8.42 Å². The highest BCUT2D eigenvalue weighted by Gasteiger charge is 2.30. The molecule has 21 heavy (non-hydrogen) atoms. The summed E-state index contributed by atoms with van der Waals surface area (Å²) in [6, 6.07) is 7.50. The van der Waals surface area contributed by atoms with E-state index in [4.69, 9.17) is 5.73 Å². The molecule has 0 bridgehead atoms. The van der Waals surface area contributed by atoms with Gasteiger partial charge in [-0.05, 0) is 19.2 Å². The van der Waals surface area contributed by atoms with Gasteiger partial charge < -0.3 is 5.73 Å². The number of thiophene rings is 1. The highest BCUT2D eigenvalue weighted by Crippen LogP contribution is 2.36. The summed E-state index contributed by atoms with van der Waals surface area (Å²) in [5, 5.41) is 0.770. The molecule has 0 radical (unpaired) electrons. The summed E-state index contributed by atoms with van der Waals surface area (Å²) in [6.07, 6.45) is 1.97. The lowest BCUT2D eigenvalue weighted by molar-refractivity contribution is 0.415. The maximum atomic E-state index is 13.0. The minimum atomic E-state index is -3.54. The number of sulfonamides is 1. The van der Waals surface area contributed by atoms with Crippen LogP contribution in [0.15, 0.2) is 29.2 Å². The zero-order valence-corrected chi connectivity index (χ0v) is 14.8. The van der Waals surface area contributed by atoms with Crippen molar-refractivity contribution in [1.29, 1.82) is 0 Å². The van der Waals surface area contributed by atoms with Gasteiger partial charge in [-0.2, -0.15) is 16.1 Å². The maximum Gasteiger partial charge on any atom is 0.244 e. The molecule has 1 aromatic heterocycles. The first-order valence-electron chi connectivity index (χ1n) is 6.61. The second kappa shape index (κ2) is 6.66. The topological polar surface area (TPSA) is 63.4 Å². The van der Waals surface area contributed by atoms with Crippen molar-refractivity contribution >= 4 is 43.2 Å². The smallest absolute Gasteiger partial charge is 0.244 e. The fourth-order valence-electron chi connectivity index (χ4n) is 2.22. The number of hydrogen-bond acceptors (Lipinski definition) is 5. The maximum absolute atomic E-state index is 13.0. The van der Waals surface area contributed by atoms with Crippen molar-refractivity contribution in [3.8, 4) is 0 Å². The third-order valence-electron chi connectivity index (χ3n) is 3.47. The molecule has 0 spiro atoms. The number of nitrogens with two attached hydrogens (primary N) is 1. The van der Waals surface area contributed by atoms with Crippen molar-refractivity contribution < 1.29 is 8.42 Å². The zero-order chi connectivity index (χ0) is 15.6. The molecule has 1 aromatic carbocycles. The van der Waals surface area contributed by atoms with E-state index in [2.05, 4.69) is 0 Å². The van der Waals surface area contributed by atoms with Gasteiger partial charge in [0.2, 0.25) is 10.0 Å². The predicted octanol–water partition coefficient (Wildman–Crippen LogP) is 2.73. The van der Waals surface area contributed by atoms with E-state index in [-0.39, 0.29) is 12.6 Å². The van der Waals surface area contributed by atoms with Crippen molar-refractivity contribution in [2.45, 2.75) is 24.4 Å². The molecule has 0 fully saturated rings. The van der Waals surface area contributed by atoms with Crippen LogP contribution in [0, 0.1) is 0 Å². The lowest BCUT2D eigenvalue weighted by Gasteiger charge is -2.24. The second-order valence-corrected chi connectivity index (χ2v) is 8.86. The summed E-state index contributed by atoms with van der Waals surface area (Å²) >= 11 is 3.09. The Kier molecular flexibility index (Phi) is 5.32. The molecule has 0 saturated carbocycles. The first-order valence-corrected chi connectivity index (χ1v) is 10.3. The first-order chi connectivity index (χ1) is 9.93. The molecule has 116 valence electrons. The number of benzene rings is 1. The number of thioether (sulfide) groups is 1. The van der Waals surface area contributed by atoms with Crippen molar-refractivity contribution in [2.75, 3.05) is 19.1 Å². The van der Waals surface area contributed by atoms with Crippen LogP contribution in [0.1, 0.15) is 11.8 Å². The summed E-state index contributed by atoms with van der Waals surface area (Å²) in [5.41, 5.74) is 5.77. The lowest BCUT2D eigenvalue weighted by atomic mass is 10.2. The quantitative estimate of drug-likeness (QED) is 0.875. The zero-order valence-electron chi connectivity index (χ0n) is 12.4. The molecule has 7 heteroatoms. The average Bonchev–Trinajstić information content (AvgIpc) is 2.85. The summed E-state index contributed by atoms with van der Waals surface area (Å²) in [7, 11) is -1.89. The van der Waals surface area contributed by atoms with Gasteiger partial charge in [0.05, 0.1) is 0 Å². The fraction of sp³-hybridized carbons (Fsp3) is 0.429. The van der Waals surface area contributed by atoms with E-state index in [1.165, 1.54) is 15.6 Å². The standard InChI is InChI=1S/C14H20N2O2S3/c1-10(9-19-3)16(2)21(17,18)14-11-6-4-5-7-12(11)20-13(14)8-15/h4-7,10H,8-9,15H2,1-3H3. The van der Waals surface area contributed by atoms with Crippen LogP contribution >= 0.6 is 23.1 Å². The van der Waals surface area contributed by atoms with E-state index >= 15 is 0 Å². The van der Waals surface area contributed by atoms with E-state index in [0.717, 1.165) is 20.7 Å². The Morgan fingerprint density at radius 1 is 1.38 bits per heavy atom. The van der Waals surface area contributed by atoms with Gasteiger partial charge >= 0.3 is 0 Å². The van der Waals surface area contributed by atoms with E-state index in [1.54, 1.807) is 18.8 Å². The number of nitrogens with zero attached hydrogens (tertiary/aromatic N) is 1. The van der Waals surface area contributed by atoms with Crippen molar-refractivity contribution in [3.63, 3.8) is 0 Å². The molecule has 2 rings (SSSR count). The third kappa shape index (κ3) is 3.12. The van der Waals surface area contributed by atoms with Crippen LogP contribution in [0.5, 0.6) is 0 Å². The van der Waals surface area contributed by atoms with E-state index in [9.17, 15) is 8.42 Å². The summed E-state index contributed by atoms with van der Waals surface area (Å²) in [6.45, 7) is 2.16. The highest BCUT2D eigenvalue weighted by molar-refractivity contribution is 7.98. The predicted molar refractivity (Wildman–Crippen MR) is 92.5 cm³/mol. The molecule has 0 amide bonds. The Bertz CT molecular complexity index is 725. The number of rotatable bonds is 6. The average molecular weight is 345 g/mol. The van der Waals surface area contributed by atoms with Crippen molar-refractivity contribution in [1.82, 2.24) is 4.31 Å². The van der Waals surface area contributed by atoms with Gasteiger partial charge in [-0.1, -0.05) is 18.2 Å². The Morgan fingerprint density at radius 3 is 2.67 bits per heavy atom. The monoisotopic (exact) mass is 344 g/mol. The van der Waals surface area contributed by atoms with Crippen LogP contribution < -0.4 is 5.73 Å². The fourth-order valence-corrected chi connectivity index (χ4v) is 6.16. The van der Waals surface area contributed by atoms with Crippen molar-refractivity contribution in [3.05, 3.63) is 29.1 Å². The molecule has 0 aliphatic rings. The van der Waals surface area contributed by atoms with Crippen LogP contribution in [0.4, 0.5) is 0 Å². The molecule has 1 heterocycles. The molecule has 2 aromatic rings. The Morgan fingerprint density at radius 2 is 2.05 bits per heavy atom. The molecule has 1 atom stereocenters. The van der Waals surface area contributed by atoms with E-state index in [0.29, 0.717) is 4.90 Å². The number of hydrogen-bond donors (Lipinski definition) is 1. The Balaban J connectivity index is 2.59. The minimum Gasteiger partial charge on any atom is -0.326 e. The Hall–Kier alpha value is -0.600. The number of fused-ring (bicyclic) bond motifs is 1. The molecule has 4 nitrogen and oxygen atoms in total. The van der Waals surface area contributed by atoms with E-state index < -0.39 is 10.0 Å². The van der Waals surface area contributed by atoms with Gasteiger partial charge in [0.25, 0.3) is 0 Å². The Labute approximate surface area is 134 Å². The summed E-state index contributed by atoms with van der Waals surface area (Å²) in [4.78, 5) is 1.10. The minimum absolute atomic E-state index is 0.0608. The van der Waals surface area contributed by atoms with Crippen LogP contribution in [-0.2, 0) is 16.6 Å². The second-order valence-electron chi connectivity index (χ2n) is 4.88. The normalized spacial score (nSPS) is 14.0. The molecule has 2 N–H and O–H groups in total. The van der Waals surface area contributed by atoms with Crippen LogP contribution in [0.25, 0.3) is 10.1 Å². The van der Waals surface area contributed by atoms with Crippen LogP contribution in [0.2, 0.25) is 0 Å². The molecule has 1 unspecified atom stereocenters. The van der Waals surface area contributed by atoms with Gasteiger partial charge in [-0.3, -0.25) is 0 Å².